The minimum Gasteiger partial charge on any atom is -0.466 e. The minimum atomic E-state index is -2.62. The van der Waals surface area contributed by atoms with Crippen LogP contribution in [0.5, 0.6) is 0 Å². The average molecular weight is 592 g/mol. The molecule has 0 spiro atoms. The Balaban J connectivity index is 1.61. The molecule has 1 N–H and O–H groups in total. The number of hydrogen-bond acceptors (Lipinski definition) is 5. The molecular formula is C35H34N3O2PS. The first-order valence-electron chi connectivity index (χ1n) is 14.2. The van der Waals surface area contributed by atoms with Gasteiger partial charge in [-0.3, -0.25) is 14.9 Å². The van der Waals surface area contributed by atoms with Crippen molar-refractivity contribution in [1.29, 1.82) is 5.26 Å². The van der Waals surface area contributed by atoms with Crippen molar-refractivity contribution in [3.8, 4) is 17.2 Å². The molecule has 2 atom stereocenters. The van der Waals surface area contributed by atoms with Gasteiger partial charge in [-0.1, -0.05) is 121 Å². The number of carbonyl (C=O) groups excluding carboxylic acids is 1. The lowest BCUT2D eigenvalue weighted by Gasteiger charge is -2.39. The summed E-state index contributed by atoms with van der Waals surface area (Å²) >= 11 is 6.55. The summed E-state index contributed by atoms with van der Waals surface area (Å²) in [7, 11) is 0. The Morgan fingerprint density at radius 3 is 1.83 bits per heavy atom. The van der Waals surface area contributed by atoms with Crippen LogP contribution in [0.2, 0.25) is 0 Å². The zero-order chi connectivity index (χ0) is 29.6. The molecule has 7 heteroatoms. The molecule has 0 unspecified atom stereocenters. The number of ether oxygens (including phenoxy) is 1. The van der Waals surface area contributed by atoms with Crippen molar-refractivity contribution in [3.63, 3.8) is 0 Å². The van der Waals surface area contributed by atoms with Crippen LogP contribution in [-0.2, 0) is 21.3 Å². The second-order valence-electron chi connectivity index (χ2n) is 10.6. The van der Waals surface area contributed by atoms with Crippen LogP contribution in [0.25, 0.3) is 11.1 Å². The fourth-order valence-electron chi connectivity index (χ4n) is 5.58. The second kappa shape index (κ2) is 13.0. The van der Waals surface area contributed by atoms with Crippen molar-refractivity contribution < 1.29 is 9.53 Å². The molecular weight excluding hydrogens is 557 g/mol. The number of benzene rings is 4. The molecule has 0 aliphatic heterocycles. The number of rotatable bonds is 11. The summed E-state index contributed by atoms with van der Waals surface area (Å²) in [6.07, 6.45) is -1.34. The molecule has 0 aromatic heterocycles. The highest BCUT2D eigenvalue weighted by Crippen LogP contribution is 2.44. The molecule has 212 valence electrons. The van der Waals surface area contributed by atoms with Gasteiger partial charge in [0.05, 0.1) is 30.1 Å². The van der Waals surface area contributed by atoms with E-state index in [1.807, 2.05) is 67.6 Å². The lowest BCUT2D eigenvalue weighted by Crippen LogP contribution is -2.52. The van der Waals surface area contributed by atoms with E-state index in [2.05, 4.69) is 59.7 Å². The first-order valence-corrected chi connectivity index (χ1v) is 17.0. The third kappa shape index (κ3) is 6.01. The Hall–Kier alpha value is -3.88. The van der Waals surface area contributed by atoms with Gasteiger partial charge >= 0.3 is 5.97 Å². The highest BCUT2D eigenvalue weighted by atomic mass is 32.4. The predicted octanol–water partition coefficient (Wildman–Crippen LogP) is 6.52. The van der Waals surface area contributed by atoms with E-state index in [0.29, 0.717) is 19.4 Å². The monoisotopic (exact) mass is 591 g/mol. The molecule has 0 bridgehead atoms. The maximum absolute atomic E-state index is 12.3. The van der Waals surface area contributed by atoms with Gasteiger partial charge in [-0.25, -0.2) is 0 Å². The Labute approximate surface area is 253 Å². The van der Waals surface area contributed by atoms with Crippen molar-refractivity contribution in [2.45, 2.75) is 44.7 Å². The van der Waals surface area contributed by atoms with Crippen LogP contribution in [0.1, 0.15) is 44.2 Å². The summed E-state index contributed by atoms with van der Waals surface area (Å²) in [5, 5.41) is 16.6. The van der Waals surface area contributed by atoms with E-state index in [0.717, 1.165) is 38.6 Å². The molecule has 1 aliphatic rings. The molecule has 5 nitrogen and oxygen atoms in total. The molecule has 0 amide bonds. The molecule has 5 rings (SSSR count). The quantitative estimate of drug-likeness (QED) is 0.140. The van der Waals surface area contributed by atoms with Crippen LogP contribution in [0, 0.1) is 11.3 Å². The minimum absolute atomic E-state index is 0.246. The summed E-state index contributed by atoms with van der Waals surface area (Å²) in [6.45, 7) is 4.17. The molecule has 42 heavy (non-hydrogen) atoms. The topological polar surface area (TPSA) is 74.5 Å². The number of fused-ring (bicyclic) bond motifs is 3. The van der Waals surface area contributed by atoms with Crippen molar-refractivity contribution in [2.75, 3.05) is 6.61 Å². The second-order valence-corrected chi connectivity index (χ2v) is 14.7. The lowest BCUT2D eigenvalue weighted by molar-refractivity contribution is -0.143. The van der Waals surface area contributed by atoms with Gasteiger partial charge in [0.25, 0.3) is 0 Å². The maximum Gasteiger partial charge on any atom is 0.305 e. The van der Waals surface area contributed by atoms with E-state index in [-0.39, 0.29) is 12.4 Å². The molecule has 1 aliphatic carbocycles. The summed E-state index contributed by atoms with van der Waals surface area (Å²) in [5.41, 5.74) is 4.19. The van der Waals surface area contributed by atoms with Crippen molar-refractivity contribution in [2.24, 2.45) is 4.99 Å². The standard InChI is InChI=1S/C35H34N3O2PS/c1-3-40-33(39)23-14-24-35(2,38-41(42,26-15-6-4-7-16-26)27-17-8-5-9-18-27)32(25-36)37-34-30-21-12-10-19-28(30)29-20-11-13-22-31(29)34/h4-13,15-22,32H,3,14,23-24H2,1-2H3,(H,38,42)/t32-,35+/m0/s1. The van der Waals surface area contributed by atoms with E-state index >= 15 is 0 Å². The number of carbonyl (C=O) groups is 1. The Morgan fingerprint density at radius 1 is 0.881 bits per heavy atom. The first kappa shape index (κ1) is 29.6. The Morgan fingerprint density at radius 2 is 1.36 bits per heavy atom. The van der Waals surface area contributed by atoms with Gasteiger partial charge < -0.3 is 4.74 Å². The Kier molecular flexibility index (Phi) is 9.14. The molecule has 0 radical (unpaired) electrons. The number of aliphatic imine (C=N–C) groups is 1. The first-order chi connectivity index (χ1) is 20.4. The molecule has 0 saturated carbocycles. The van der Waals surface area contributed by atoms with Gasteiger partial charge in [0, 0.05) is 28.2 Å². The highest BCUT2D eigenvalue weighted by molar-refractivity contribution is 8.21. The van der Waals surface area contributed by atoms with E-state index < -0.39 is 17.8 Å². The Bertz CT molecular complexity index is 1590. The number of nitrogens with one attached hydrogen (secondary N) is 1. The molecule has 0 heterocycles. The third-order valence-electron chi connectivity index (χ3n) is 7.67. The maximum atomic E-state index is 12.3. The van der Waals surface area contributed by atoms with Gasteiger partial charge in [-0.2, -0.15) is 5.26 Å². The number of nitrogens with zero attached hydrogens (tertiary/aromatic N) is 2. The fraction of sp³-hybridized carbons (Fsp3) is 0.229. The summed E-state index contributed by atoms with van der Waals surface area (Å²) in [5.74, 6) is -0.246. The van der Waals surface area contributed by atoms with Gasteiger partial charge in [-0.05, 0) is 37.8 Å². The fourth-order valence-corrected chi connectivity index (χ4v) is 9.63. The normalized spacial score (nSPS) is 14.2. The zero-order valence-electron chi connectivity index (χ0n) is 23.9. The van der Waals surface area contributed by atoms with E-state index in [1.165, 1.54) is 0 Å². The zero-order valence-corrected chi connectivity index (χ0v) is 25.6. The van der Waals surface area contributed by atoms with Gasteiger partial charge in [0.15, 0.2) is 6.04 Å². The summed E-state index contributed by atoms with van der Waals surface area (Å²) in [4.78, 5) is 17.5. The molecule has 0 fully saturated rings. The molecule has 0 saturated heterocycles. The highest BCUT2D eigenvalue weighted by Gasteiger charge is 2.40. The van der Waals surface area contributed by atoms with Crippen LogP contribution >= 0.6 is 6.19 Å². The van der Waals surface area contributed by atoms with Crippen LogP contribution in [0.3, 0.4) is 0 Å². The summed E-state index contributed by atoms with van der Waals surface area (Å²) in [6, 6.07) is 38.2. The van der Waals surface area contributed by atoms with E-state index in [1.54, 1.807) is 6.92 Å². The van der Waals surface area contributed by atoms with Crippen molar-refractivity contribution in [3.05, 3.63) is 120 Å². The van der Waals surface area contributed by atoms with Gasteiger partial charge in [0.1, 0.15) is 0 Å². The predicted molar refractivity (Wildman–Crippen MR) is 175 cm³/mol. The van der Waals surface area contributed by atoms with E-state index in [9.17, 15) is 10.1 Å². The van der Waals surface area contributed by atoms with E-state index in [4.69, 9.17) is 21.5 Å². The molecule has 4 aromatic carbocycles. The number of nitriles is 1. The third-order valence-corrected chi connectivity index (χ3v) is 12.1. The van der Waals surface area contributed by atoms with Crippen molar-refractivity contribution in [1.82, 2.24) is 5.09 Å². The smallest absolute Gasteiger partial charge is 0.305 e. The SMILES string of the molecule is CCOC(=O)CCC[C@@](C)(NP(=S)(c1ccccc1)c1ccccc1)[C@H](C#N)N=C1c2ccccc2-c2ccccc21. The largest absolute Gasteiger partial charge is 0.466 e. The number of hydrogen-bond donors (Lipinski definition) is 1. The average Bonchev–Trinajstić information content (AvgIpc) is 3.34. The van der Waals surface area contributed by atoms with Crippen LogP contribution in [0.15, 0.2) is 114 Å². The van der Waals surface area contributed by atoms with Crippen LogP contribution in [-0.4, -0.2) is 29.9 Å². The molecule has 4 aromatic rings. The van der Waals surface area contributed by atoms with Crippen LogP contribution < -0.4 is 15.7 Å². The van der Waals surface area contributed by atoms with Gasteiger partial charge in [0.2, 0.25) is 0 Å². The van der Waals surface area contributed by atoms with Gasteiger partial charge in [-0.15, -0.1) is 0 Å². The lowest BCUT2D eigenvalue weighted by atomic mass is 9.88. The van der Waals surface area contributed by atoms with Crippen molar-refractivity contribution >= 4 is 40.3 Å². The van der Waals surface area contributed by atoms with Crippen LogP contribution in [0.4, 0.5) is 0 Å². The number of esters is 1. The summed E-state index contributed by atoms with van der Waals surface area (Å²) < 4.78 is 5.20.